The van der Waals surface area contributed by atoms with Crippen LogP contribution in [0.4, 0.5) is 10.1 Å². The lowest BCUT2D eigenvalue weighted by Crippen LogP contribution is -2.12. The van der Waals surface area contributed by atoms with Crippen molar-refractivity contribution in [2.45, 2.75) is 6.92 Å². The molecule has 0 fully saturated rings. The molecule has 1 amide bonds. The SMILES string of the molecule is Cc1ccc(NC(=O)c2ccc(I)c(Cl)c2)cc1F. The van der Waals surface area contributed by atoms with Gasteiger partial charge in [0.25, 0.3) is 5.91 Å². The van der Waals surface area contributed by atoms with Crippen LogP contribution in [0.2, 0.25) is 5.02 Å². The van der Waals surface area contributed by atoms with E-state index in [1.165, 1.54) is 6.07 Å². The molecule has 2 rings (SSSR count). The Morgan fingerprint density at radius 1 is 1.26 bits per heavy atom. The molecule has 0 atom stereocenters. The van der Waals surface area contributed by atoms with E-state index in [0.717, 1.165) is 3.57 Å². The van der Waals surface area contributed by atoms with Crippen molar-refractivity contribution in [2.75, 3.05) is 5.32 Å². The Balaban J connectivity index is 2.20. The average Bonchev–Trinajstić information content (AvgIpc) is 2.37. The van der Waals surface area contributed by atoms with Crippen LogP contribution in [0.15, 0.2) is 36.4 Å². The van der Waals surface area contributed by atoms with E-state index in [-0.39, 0.29) is 11.7 Å². The van der Waals surface area contributed by atoms with Crippen molar-refractivity contribution < 1.29 is 9.18 Å². The van der Waals surface area contributed by atoms with Gasteiger partial charge in [0, 0.05) is 14.8 Å². The van der Waals surface area contributed by atoms with Crippen LogP contribution in [0, 0.1) is 16.3 Å². The maximum Gasteiger partial charge on any atom is 0.255 e. The van der Waals surface area contributed by atoms with Crippen LogP contribution in [-0.2, 0) is 0 Å². The molecule has 0 aromatic heterocycles. The van der Waals surface area contributed by atoms with Gasteiger partial charge in [-0.25, -0.2) is 4.39 Å². The van der Waals surface area contributed by atoms with E-state index in [1.54, 1.807) is 37.3 Å². The molecule has 0 saturated heterocycles. The summed E-state index contributed by atoms with van der Waals surface area (Å²) in [6.07, 6.45) is 0. The monoisotopic (exact) mass is 389 g/mol. The first-order chi connectivity index (χ1) is 8.97. The van der Waals surface area contributed by atoms with Crippen molar-refractivity contribution in [2.24, 2.45) is 0 Å². The normalized spacial score (nSPS) is 10.3. The molecule has 2 nitrogen and oxygen atoms in total. The molecule has 0 unspecified atom stereocenters. The molecule has 1 N–H and O–H groups in total. The molecule has 0 aliphatic carbocycles. The van der Waals surface area contributed by atoms with E-state index < -0.39 is 0 Å². The fourth-order valence-corrected chi connectivity index (χ4v) is 2.03. The number of nitrogens with one attached hydrogen (secondary N) is 1. The first-order valence-corrected chi connectivity index (χ1v) is 6.95. The molecule has 0 aliphatic rings. The van der Waals surface area contributed by atoms with Crippen molar-refractivity contribution in [3.8, 4) is 0 Å². The maximum atomic E-state index is 13.4. The highest BCUT2D eigenvalue weighted by molar-refractivity contribution is 14.1. The Bertz CT molecular complexity index is 645. The summed E-state index contributed by atoms with van der Waals surface area (Å²) in [5, 5.41) is 3.15. The third-order valence-electron chi connectivity index (χ3n) is 2.61. The van der Waals surface area contributed by atoms with Crippen LogP contribution in [-0.4, -0.2) is 5.91 Å². The number of aryl methyl sites for hydroxylation is 1. The fourth-order valence-electron chi connectivity index (χ4n) is 1.51. The standard InChI is InChI=1S/C14H10ClFINO/c1-8-2-4-10(7-12(8)16)18-14(19)9-3-5-13(17)11(15)6-9/h2-7H,1H3,(H,18,19). The van der Waals surface area contributed by atoms with Gasteiger partial charge >= 0.3 is 0 Å². The third kappa shape index (κ3) is 3.45. The Morgan fingerprint density at radius 3 is 2.63 bits per heavy atom. The second kappa shape index (κ2) is 5.88. The van der Waals surface area contributed by atoms with Gasteiger partial charge in [0.15, 0.2) is 0 Å². The van der Waals surface area contributed by atoms with Crippen molar-refractivity contribution in [1.82, 2.24) is 0 Å². The summed E-state index contributed by atoms with van der Waals surface area (Å²) in [6.45, 7) is 1.67. The largest absolute Gasteiger partial charge is 0.322 e. The third-order valence-corrected chi connectivity index (χ3v) is 4.18. The number of hydrogen-bond donors (Lipinski definition) is 1. The molecule has 2 aromatic rings. The molecule has 2 aromatic carbocycles. The minimum atomic E-state index is -0.349. The molecule has 19 heavy (non-hydrogen) atoms. The Morgan fingerprint density at radius 2 is 2.00 bits per heavy atom. The van der Waals surface area contributed by atoms with Crippen LogP contribution in [0.1, 0.15) is 15.9 Å². The van der Waals surface area contributed by atoms with Crippen molar-refractivity contribution in [3.63, 3.8) is 0 Å². The molecule has 0 heterocycles. The number of anilines is 1. The van der Waals surface area contributed by atoms with Gasteiger partial charge in [-0.15, -0.1) is 0 Å². The van der Waals surface area contributed by atoms with Crippen LogP contribution < -0.4 is 5.32 Å². The second-order valence-corrected chi connectivity index (χ2v) is 5.62. The van der Waals surface area contributed by atoms with Gasteiger partial charge in [0.1, 0.15) is 5.82 Å². The highest BCUT2D eigenvalue weighted by Crippen LogP contribution is 2.21. The lowest BCUT2D eigenvalue weighted by molar-refractivity contribution is 0.102. The minimum absolute atomic E-state index is 0.318. The van der Waals surface area contributed by atoms with Gasteiger partial charge in [-0.2, -0.15) is 0 Å². The Kier molecular flexibility index (Phi) is 4.42. The summed E-state index contributed by atoms with van der Waals surface area (Å²) >= 11 is 8.04. The van der Waals surface area contributed by atoms with Gasteiger partial charge in [-0.05, 0) is 65.4 Å². The molecule has 98 valence electrons. The van der Waals surface area contributed by atoms with Gasteiger partial charge in [0.05, 0.1) is 5.02 Å². The number of halogens is 3. The van der Waals surface area contributed by atoms with Crippen LogP contribution >= 0.6 is 34.2 Å². The summed E-state index contributed by atoms with van der Waals surface area (Å²) in [4.78, 5) is 12.0. The fraction of sp³-hybridized carbons (Fsp3) is 0.0714. The van der Waals surface area contributed by atoms with Crippen molar-refractivity contribution in [1.29, 1.82) is 0 Å². The first kappa shape index (κ1) is 14.3. The maximum absolute atomic E-state index is 13.4. The molecule has 5 heteroatoms. The Labute approximate surface area is 129 Å². The molecule has 0 spiro atoms. The van der Waals surface area contributed by atoms with E-state index in [0.29, 0.717) is 21.8 Å². The minimum Gasteiger partial charge on any atom is -0.322 e. The average molecular weight is 390 g/mol. The van der Waals surface area contributed by atoms with E-state index in [2.05, 4.69) is 27.9 Å². The van der Waals surface area contributed by atoms with Crippen molar-refractivity contribution in [3.05, 3.63) is 61.9 Å². The quantitative estimate of drug-likeness (QED) is 0.745. The van der Waals surface area contributed by atoms with Crippen LogP contribution in [0.3, 0.4) is 0 Å². The van der Waals surface area contributed by atoms with Gasteiger partial charge < -0.3 is 5.32 Å². The molecular formula is C14H10ClFINO. The van der Waals surface area contributed by atoms with E-state index in [1.807, 2.05) is 0 Å². The van der Waals surface area contributed by atoms with Gasteiger partial charge in [-0.3, -0.25) is 4.79 Å². The zero-order valence-electron chi connectivity index (χ0n) is 10.0. The summed E-state index contributed by atoms with van der Waals surface area (Å²) in [5.74, 6) is -0.667. The van der Waals surface area contributed by atoms with E-state index in [4.69, 9.17) is 11.6 Å². The summed E-state index contributed by atoms with van der Waals surface area (Å²) in [5.41, 5.74) is 1.39. The highest BCUT2D eigenvalue weighted by Gasteiger charge is 2.09. The van der Waals surface area contributed by atoms with Gasteiger partial charge in [-0.1, -0.05) is 17.7 Å². The summed E-state index contributed by atoms with van der Waals surface area (Å²) in [7, 11) is 0. The predicted molar refractivity (Wildman–Crippen MR) is 83.3 cm³/mol. The lowest BCUT2D eigenvalue weighted by atomic mass is 10.2. The van der Waals surface area contributed by atoms with E-state index in [9.17, 15) is 9.18 Å². The number of rotatable bonds is 2. The molecular weight excluding hydrogens is 380 g/mol. The zero-order chi connectivity index (χ0) is 14.0. The zero-order valence-corrected chi connectivity index (χ0v) is 12.9. The molecule has 0 bridgehead atoms. The molecule has 0 radical (unpaired) electrons. The number of carbonyl (C=O) groups excluding carboxylic acids is 1. The van der Waals surface area contributed by atoms with Crippen molar-refractivity contribution >= 4 is 45.8 Å². The number of carbonyl (C=O) groups is 1. The second-order valence-electron chi connectivity index (χ2n) is 4.05. The molecule has 0 aliphatic heterocycles. The summed E-state index contributed by atoms with van der Waals surface area (Å²) in [6, 6.07) is 9.59. The predicted octanol–water partition coefficient (Wildman–Crippen LogP) is 4.64. The highest BCUT2D eigenvalue weighted by atomic mass is 127. The van der Waals surface area contributed by atoms with Crippen LogP contribution in [0.25, 0.3) is 0 Å². The number of benzene rings is 2. The number of amides is 1. The van der Waals surface area contributed by atoms with E-state index >= 15 is 0 Å². The smallest absolute Gasteiger partial charge is 0.255 e. The lowest BCUT2D eigenvalue weighted by Gasteiger charge is -2.07. The summed E-state index contributed by atoms with van der Waals surface area (Å²) < 4.78 is 14.2. The Hall–Kier alpha value is -1.14. The number of hydrogen-bond acceptors (Lipinski definition) is 1. The van der Waals surface area contributed by atoms with Crippen LogP contribution in [0.5, 0.6) is 0 Å². The topological polar surface area (TPSA) is 29.1 Å². The molecule has 0 saturated carbocycles. The van der Waals surface area contributed by atoms with Gasteiger partial charge in [0.2, 0.25) is 0 Å². The first-order valence-electron chi connectivity index (χ1n) is 5.50.